The van der Waals surface area contributed by atoms with E-state index in [0.717, 1.165) is 31.5 Å². The fourth-order valence-corrected chi connectivity index (χ4v) is 2.74. The van der Waals surface area contributed by atoms with Crippen molar-refractivity contribution in [3.63, 3.8) is 0 Å². The number of hydrogen-bond acceptors (Lipinski definition) is 3. The Balaban J connectivity index is 1.84. The van der Waals surface area contributed by atoms with E-state index in [-0.39, 0.29) is 11.7 Å². The number of phenols is 1. The van der Waals surface area contributed by atoms with E-state index in [4.69, 9.17) is 0 Å². The lowest BCUT2D eigenvalue weighted by molar-refractivity contribution is 0.0952. The Hall–Kier alpha value is -2.24. The highest BCUT2D eigenvalue weighted by Crippen LogP contribution is 2.16. The highest BCUT2D eigenvalue weighted by molar-refractivity contribution is 5.96. The summed E-state index contributed by atoms with van der Waals surface area (Å²) in [6.45, 7) is 8.17. The fraction of sp³-hybridized carbons (Fsp3) is 0.556. The molecule has 1 aromatic rings. The Morgan fingerprint density at radius 3 is 2.67 bits per heavy atom. The van der Waals surface area contributed by atoms with Crippen molar-refractivity contribution in [1.82, 2.24) is 15.5 Å². The van der Waals surface area contributed by atoms with E-state index in [2.05, 4.69) is 34.4 Å². The van der Waals surface area contributed by atoms with Gasteiger partial charge < -0.3 is 20.6 Å². The van der Waals surface area contributed by atoms with Crippen molar-refractivity contribution in [2.24, 2.45) is 10.9 Å². The molecule has 1 aliphatic heterocycles. The minimum absolute atomic E-state index is 0.00530. The molecule has 6 nitrogen and oxygen atoms in total. The minimum atomic E-state index is -0.278. The number of aliphatic imine (C=N–C) groups is 1. The molecule has 6 heteroatoms. The zero-order chi connectivity index (χ0) is 17.4. The molecule has 132 valence electrons. The van der Waals surface area contributed by atoms with E-state index in [0.29, 0.717) is 18.7 Å². The van der Waals surface area contributed by atoms with Gasteiger partial charge >= 0.3 is 0 Å². The van der Waals surface area contributed by atoms with Gasteiger partial charge in [-0.2, -0.15) is 0 Å². The number of hydrogen-bond donors (Lipinski definition) is 3. The van der Waals surface area contributed by atoms with Gasteiger partial charge in [0.05, 0.1) is 12.1 Å². The number of piperidine rings is 1. The molecule has 1 aromatic carbocycles. The summed E-state index contributed by atoms with van der Waals surface area (Å²) in [5, 5.41) is 15.8. The Bertz CT molecular complexity index is 566. The van der Waals surface area contributed by atoms with Crippen molar-refractivity contribution >= 4 is 11.9 Å². The van der Waals surface area contributed by atoms with Crippen LogP contribution in [-0.4, -0.2) is 54.6 Å². The molecule has 1 fully saturated rings. The normalized spacial score (nSPS) is 16.1. The number of carbonyl (C=O) groups is 1. The molecule has 0 aromatic heterocycles. The Morgan fingerprint density at radius 1 is 1.29 bits per heavy atom. The van der Waals surface area contributed by atoms with E-state index >= 15 is 0 Å². The van der Waals surface area contributed by atoms with Crippen molar-refractivity contribution < 1.29 is 9.90 Å². The fourth-order valence-electron chi connectivity index (χ4n) is 2.74. The summed E-state index contributed by atoms with van der Waals surface area (Å²) in [6, 6.07) is 6.53. The molecule has 0 radical (unpaired) electrons. The number of phenolic OH excluding ortho intramolecular Hbond substituents is 1. The number of para-hydroxylation sites is 1. The zero-order valence-corrected chi connectivity index (χ0v) is 14.6. The van der Waals surface area contributed by atoms with Crippen molar-refractivity contribution in [2.45, 2.75) is 26.7 Å². The largest absolute Gasteiger partial charge is 0.507 e. The molecule has 1 aliphatic rings. The van der Waals surface area contributed by atoms with Crippen LogP contribution in [0, 0.1) is 5.92 Å². The maximum Gasteiger partial charge on any atom is 0.255 e. The summed E-state index contributed by atoms with van der Waals surface area (Å²) < 4.78 is 0. The smallest absolute Gasteiger partial charge is 0.255 e. The van der Waals surface area contributed by atoms with Gasteiger partial charge in [-0.1, -0.05) is 19.1 Å². The lowest BCUT2D eigenvalue weighted by Crippen LogP contribution is -2.45. The van der Waals surface area contributed by atoms with Crippen LogP contribution < -0.4 is 10.6 Å². The third kappa shape index (κ3) is 5.15. The average Bonchev–Trinajstić information content (AvgIpc) is 2.58. The summed E-state index contributed by atoms with van der Waals surface area (Å²) in [6.07, 6.45) is 2.38. The molecule has 0 bridgehead atoms. The Morgan fingerprint density at radius 2 is 2.00 bits per heavy atom. The van der Waals surface area contributed by atoms with Crippen LogP contribution in [0.15, 0.2) is 29.3 Å². The summed E-state index contributed by atoms with van der Waals surface area (Å²) >= 11 is 0. The summed E-state index contributed by atoms with van der Waals surface area (Å²) in [4.78, 5) is 18.9. The first kappa shape index (κ1) is 18.1. The van der Waals surface area contributed by atoms with Gasteiger partial charge in [0.1, 0.15) is 5.75 Å². The molecule has 0 spiro atoms. The third-order valence-corrected chi connectivity index (χ3v) is 4.23. The summed E-state index contributed by atoms with van der Waals surface area (Å²) in [7, 11) is 0. The number of nitrogens with zero attached hydrogens (tertiary/aromatic N) is 2. The number of rotatable bonds is 5. The number of aromatic hydroxyl groups is 1. The number of carbonyl (C=O) groups excluding carboxylic acids is 1. The van der Waals surface area contributed by atoms with Crippen molar-refractivity contribution in [3.05, 3.63) is 29.8 Å². The van der Waals surface area contributed by atoms with Gasteiger partial charge in [-0.05, 0) is 37.8 Å². The first-order valence-corrected chi connectivity index (χ1v) is 8.71. The van der Waals surface area contributed by atoms with Gasteiger partial charge in [0.25, 0.3) is 5.91 Å². The highest BCUT2D eigenvalue weighted by Gasteiger charge is 2.18. The monoisotopic (exact) mass is 332 g/mol. The second-order valence-electron chi connectivity index (χ2n) is 6.18. The summed E-state index contributed by atoms with van der Waals surface area (Å²) in [5.41, 5.74) is 0.290. The lowest BCUT2D eigenvalue weighted by Gasteiger charge is -2.33. The topological polar surface area (TPSA) is 77.0 Å². The van der Waals surface area contributed by atoms with Gasteiger partial charge in [-0.15, -0.1) is 0 Å². The predicted octanol–water partition coefficient (Wildman–Crippen LogP) is 1.82. The van der Waals surface area contributed by atoms with E-state index in [1.807, 2.05) is 0 Å². The maximum absolute atomic E-state index is 12.0. The van der Waals surface area contributed by atoms with Gasteiger partial charge in [-0.3, -0.25) is 9.79 Å². The van der Waals surface area contributed by atoms with Crippen LogP contribution in [-0.2, 0) is 0 Å². The number of likely N-dealkylation sites (tertiary alicyclic amines) is 1. The molecule has 2 rings (SSSR count). The molecule has 0 saturated carbocycles. The lowest BCUT2D eigenvalue weighted by atomic mass is 10.00. The SMILES string of the molecule is CCNC(=NCCNC(=O)c1ccccc1O)N1CCC(C)CC1. The van der Waals surface area contributed by atoms with Gasteiger partial charge in [0, 0.05) is 26.2 Å². The van der Waals surface area contributed by atoms with E-state index in [1.54, 1.807) is 18.2 Å². The summed E-state index contributed by atoms with van der Waals surface area (Å²) in [5.74, 6) is 1.41. The average molecular weight is 332 g/mol. The number of guanidine groups is 1. The Kier molecular flexibility index (Phi) is 6.90. The maximum atomic E-state index is 12.0. The number of nitrogens with one attached hydrogen (secondary N) is 2. The van der Waals surface area contributed by atoms with Crippen molar-refractivity contribution in [2.75, 3.05) is 32.7 Å². The zero-order valence-electron chi connectivity index (χ0n) is 14.6. The Labute approximate surface area is 144 Å². The molecular formula is C18H28N4O2. The van der Waals surface area contributed by atoms with E-state index < -0.39 is 0 Å². The predicted molar refractivity (Wildman–Crippen MR) is 96.4 cm³/mol. The molecular weight excluding hydrogens is 304 g/mol. The van der Waals surface area contributed by atoms with Crippen molar-refractivity contribution in [1.29, 1.82) is 0 Å². The first-order chi connectivity index (χ1) is 11.6. The molecule has 24 heavy (non-hydrogen) atoms. The molecule has 1 heterocycles. The van der Waals surface area contributed by atoms with Gasteiger partial charge in [0.2, 0.25) is 0 Å². The van der Waals surface area contributed by atoms with Crippen LogP contribution in [0.1, 0.15) is 37.0 Å². The molecule has 3 N–H and O–H groups in total. The van der Waals surface area contributed by atoms with Crippen LogP contribution in [0.2, 0.25) is 0 Å². The molecule has 1 saturated heterocycles. The van der Waals surface area contributed by atoms with Crippen LogP contribution in [0.3, 0.4) is 0 Å². The van der Waals surface area contributed by atoms with Gasteiger partial charge in [-0.25, -0.2) is 0 Å². The third-order valence-electron chi connectivity index (χ3n) is 4.23. The molecule has 0 aliphatic carbocycles. The standard InChI is InChI=1S/C18H28N4O2/c1-3-19-18(22-12-8-14(2)9-13-22)21-11-10-20-17(24)15-6-4-5-7-16(15)23/h4-7,14,23H,3,8-13H2,1-2H3,(H,19,21)(H,20,24). The van der Waals surface area contributed by atoms with E-state index in [9.17, 15) is 9.90 Å². The van der Waals surface area contributed by atoms with Crippen molar-refractivity contribution in [3.8, 4) is 5.75 Å². The second-order valence-corrected chi connectivity index (χ2v) is 6.18. The highest BCUT2D eigenvalue weighted by atomic mass is 16.3. The van der Waals surface area contributed by atoms with E-state index in [1.165, 1.54) is 18.9 Å². The van der Waals surface area contributed by atoms with Crippen LogP contribution in [0.5, 0.6) is 5.75 Å². The molecule has 1 amide bonds. The molecule has 0 unspecified atom stereocenters. The second kappa shape index (κ2) is 9.15. The minimum Gasteiger partial charge on any atom is -0.507 e. The van der Waals surface area contributed by atoms with Crippen LogP contribution in [0.4, 0.5) is 0 Å². The number of amides is 1. The quantitative estimate of drug-likeness (QED) is 0.437. The number of benzene rings is 1. The molecule has 0 atom stereocenters. The first-order valence-electron chi connectivity index (χ1n) is 8.71. The van der Waals surface area contributed by atoms with Crippen LogP contribution in [0.25, 0.3) is 0 Å². The van der Waals surface area contributed by atoms with Gasteiger partial charge in [0.15, 0.2) is 5.96 Å². The van der Waals surface area contributed by atoms with Crippen LogP contribution >= 0.6 is 0 Å².